The van der Waals surface area contributed by atoms with Crippen LogP contribution in [0.5, 0.6) is 0 Å². The summed E-state index contributed by atoms with van der Waals surface area (Å²) in [5.74, 6) is 0. The molecule has 0 fully saturated rings. The molecule has 3 rings (SSSR count). The van der Waals surface area contributed by atoms with E-state index in [0.29, 0.717) is 12.1 Å². The third-order valence-electron chi connectivity index (χ3n) is 4.54. The highest BCUT2D eigenvalue weighted by atomic mass is 32.1. The van der Waals surface area contributed by atoms with Gasteiger partial charge >= 0.3 is 5.63 Å². The van der Waals surface area contributed by atoms with E-state index in [-0.39, 0.29) is 18.3 Å². The first-order valence-corrected chi connectivity index (χ1v) is 9.39. The number of fused-ring (bicyclic) bond motifs is 1. The number of nitrogens with zero attached hydrogens (tertiary/aromatic N) is 1. The fourth-order valence-electron chi connectivity index (χ4n) is 3.12. The highest BCUT2D eigenvalue weighted by molar-refractivity contribution is 7.09. The van der Waals surface area contributed by atoms with Gasteiger partial charge in [-0.15, -0.1) is 11.3 Å². The Kier molecular flexibility index (Phi) is 5.68. The predicted molar refractivity (Wildman–Crippen MR) is 102 cm³/mol. The van der Waals surface area contributed by atoms with E-state index in [1.807, 2.05) is 25.1 Å². The van der Waals surface area contributed by atoms with Crippen LogP contribution >= 0.6 is 11.3 Å². The van der Waals surface area contributed by atoms with E-state index in [9.17, 15) is 9.90 Å². The van der Waals surface area contributed by atoms with E-state index >= 15 is 0 Å². The summed E-state index contributed by atoms with van der Waals surface area (Å²) < 4.78 is 5.36. The fraction of sp³-hybridized carbons (Fsp3) is 0.350. The number of hydrogen-bond acceptors (Lipinski definition) is 5. The second-order valence-corrected chi connectivity index (χ2v) is 7.34. The lowest BCUT2D eigenvalue weighted by atomic mass is 10.1. The zero-order valence-electron chi connectivity index (χ0n) is 14.6. The van der Waals surface area contributed by atoms with Crippen LogP contribution in [0.3, 0.4) is 0 Å². The minimum Gasteiger partial charge on any atom is -0.423 e. The number of aliphatic hydroxyl groups is 1. The van der Waals surface area contributed by atoms with Gasteiger partial charge in [0.2, 0.25) is 0 Å². The molecule has 1 unspecified atom stereocenters. The van der Waals surface area contributed by atoms with E-state index < -0.39 is 0 Å². The molecule has 5 heteroatoms. The molecule has 25 heavy (non-hydrogen) atoms. The molecule has 0 saturated carbocycles. The lowest BCUT2D eigenvalue weighted by Gasteiger charge is -2.29. The molecule has 1 aromatic carbocycles. The Morgan fingerprint density at radius 3 is 2.76 bits per heavy atom. The van der Waals surface area contributed by atoms with Crippen molar-refractivity contribution < 1.29 is 9.52 Å². The summed E-state index contributed by atoms with van der Waals surface area (Å²) >= 11 is 1.72. The van der Waals surface area contributed by atoms with Crippen LogP contribution < -0.4 is 5.63 Å². The van der Waals surface area contributed by atoms with Gasteiger partial charge in [0.15, 0.2) is 0 Å². The van der Waals surface area contributed by atoms with E-state index in [2.05, 4.69) is 29.3 Å². The number of hydrogen-bond donors (Lipinski definition) is 1. The molecule has 0 amide bonds. The van der Waals surface area contributed by atoms with Crippen molar-refractivity contribution in [2.45, 2.75) is 39.4 Å². The van der Waals surface area contributed by atoms with E-state index in [1.54, 1.807) is 11.3 Å². The average molecular weight is 357 g/mol. The predicted octanol–water partition coefficient (Wildman–Crippen LogP) is 3.94. The zero-order valence-corrected chi connectivity index (χ0v) is 15.4. The van der Waals surface area contributed by atoms with Gasteiger partial charge in [-0.3, -0.25) is 4.90 Å². The van der Waals surface area contributed by atoms with Crippen LogP contribution in [0.15, 0.2) is 51.0 Å². The first-order valence-electron chi connectivity index (χ1n) is 8.51. The van der Waals surface area contributed by atoms with Crippen molar-refractivity contribution >= 4 is 22.3 Å². The molecule has 3 aromatic rings. The maximum absolute atomic E-state index is 11.6. The second kappa shape index (κ2) is 7.95. The normalized spacial score (nSPS) is 12.8. The minimum atomic E-state index is -0.320. The van der Waals surface area contributed by atoms with Gasteiger partial charge in [0.05, 0.1) is 6.61 Å². The lowest BCUT2D eigenvalue weighted by Crippen LogP contribution is -2.36. The summed E-state index contributed by atoms with van der Waals surface area (Å²) in [4.78, 5) is 15.2. The third kappa shape index (κ3) is 4.18. The van der Waals surface area contributed by atoms with Crippen molar-refractivity contribution in [3.05, 3.63) is 68.2 Å². The molecule has 2 aromatic heterocycles. The van der Waals surface area contributed by atoms with Crippen molar-refractivity contribution in [1.29, 1.82) is 0 Å². The van der Waals surface area contributed by atoms with Crippen LogP contribution in [-0.4, -0.2) is 22.7 Å². The van der Waals surface area contributed by atoms with Crippen molar-refractivity contribution in [3.63, 3.8) is 0 Å². The molecule has 4 nitrogen and oxygen atoms in total. The molecule has 132 valence electrons. The molecular weight excluding hydrogens is 334 g/mol. The van der Waals surface area contributed by atoms with Gasteiger partial charge in [0.25, 0.3) is 0 Å². The Labute approximate surface area is 151 Å². The maximum atomic E-state index is 11.6. The molecule has 0 saturated heterocycles. The monoisotopic (exact) mass is 357 g/mol. The SMILES string of the molecule is CCC(CO)N(Cc1ccc2c(C)cc(=O)oc2c1)Cc1cccs1. The first-order chi connectivity index (χ1) is 12.1. The molecule has 2 heterocycles. The number of benzene rings is 1. The summed E-state index contributed by atoms with van der Waals surface area (Å²) in [7, 11) is 0. The van der Waals surface area contributed by atoms with Crippen LogP contribution in [0.25, 0.3) is 11.0 Å². The Morgan fingerprint density at radius 2 is 2.08 bits per heavy atom. The van der Waals surface area contributed by atoms with Gasteiger partial charge in [0, 0.05) is 35.5 Å². The van der Waals surface area contributed by atoms with Crippen LogP contribution in [0.4, 0.5) is 0 Å². The number of thiophene rings is 1. The zero-order chi connectivity index (χ0) is 17.8. The van der Waals surface area contributed by atoms with Crippen molar-refractivity contribution in [2.75, 3.05) is 6.61 Å². The highest BCUT2D eigenvalue weighted by Crippen LogP contribution is 2.22. The van der Waals surface area contributed by atoms with Gasteiger partial charge in [-0.05, 0) is 42.0 Å². The van der Waals surface area contributed by atoms with Gasteiger partial charge in [-0.1, -0.05) is 25.1 Å². The maximum Gasteiger partial charge on any atom is 0.336 e. The van der Waals surface area contributed by atoms with E-state index in [4.69, 9.17) is 4.42 Å². The van der Waals surface area contributed by atoms with Gasteiger partial charge in [-0.25, -0.2) is 4.79 Å². The van der Waals surface area contributed by atoms with Crippen LogP contribution in [-0.2, 0) is 13.1 Å². The third-order valence-corrected chi connectivity index (χ3v) is 5.40. The lowest BCUT2D eigenvalue weighted by molar-refractivity contribution is 0.107. The van der Waals surface area contributed by atoms with Crippen molar-refractivity contribution in [2.24, 2.45) is 0 Å². The average Bonchev–Trinajstić information content (AvgIpc) is 3.08. The molecule has 0 aliphatic carbocycles. The van der Waals surface area contributed by atoms with Gasteiger partial charge in [0.1, 0.15) is 5.58 Å². The largest absolute Gasteiger partial charge is 0.423 e. The smallest absolute Gasteiger partial charge is 0.336 e. The first kappa shape index (κ1) is 17.9. The molecule has 0 aliphatic rings. The summed E-state index contributed by atoms with van der Waals surface area (Å²) in [6.45, 7) is 5.63. The number of rotatable bonds is 7. The van der Waals surface area contributed by atoms with Gasteiger partial charge < -0.3 is 9.52 Å². The Hall–Kier alpha value is -1.95. The second-order valence-electron chi connectivity index (χ2n) is 6.31. The summed E-state index contributed by atoms with van der Waals surface area (Å²) in [5, 5.41) is 12.8. The van der Waals surface area contributed by atoms with Gasteiger partial charge in [-0.2, -0.15) is 0 Å². The van der Waals surface area contributed by atoms with Crippen molar-refractivity contribution in [3.8, 4) is 0 Å². The molecule has 0 radical (unpaired) electrons. The van der Waals surface area contributed by atoms with Crippen molar-refractivity contribution in [1.82, 2.24) is 4.90 Å². The van der Waals surface area contributed by atoms with E-state index in [0.717, 1.165) is 29.5 Å². The molecule has 0 spiro atoms. The Bertz CT molecular complexity index is 882. The molecule has 0 bridgehead atoms. The Morgan fingerprint density at radius 1 is 1.24 bits per heavy atom. The summed E-state index contributed by atoms with van der Waals surface area (Å²) in [5.41, 5.74) is 2.30. The summed E-state index contributed by atoms with van der Waals surface area (Å²) in [6, 6.07) is 11.8. The molecular formula is C20H23NO3S. The van der Waals surface area contributed by atoms with Crippen LogP contribution in [0, 0.1) is 6.92 Å². The topological polar surface area (TPSA) is 53.7 Å². The number of aliphatic hydroxyl groups excluding tert-OH is 1. The minimum absolute atomic E-state index is 0.0994. The highest BCUT2D eigenvalue weighted by Gasteiger charge is 2.18. The standard InChI is InChI=1S/C20H23NO3S/c1-3-16(13-22)21(12-17-5-4-8-25-17)11-15-6-7-18-14(2)9-20(23)24-19(18)10-15/h4-10,16,22H,3,11-13H2,1-2H3. The Balaban J connectivity index is 1.90. The quantitative estimate of drug-likeness (QED) is 0.651. The number of aryl methyl sites for hydroxylation is 1. The van der Waals surface area contributed by atoms with Crippen LogP contribution in [0.2, 0.25) is 0 Å². The molecule has 1 N–H and O–H groups in total. The van der Waals surface area contributed by atoms with Crippen LogP contribution in [0.1, 0.15) is 29.3 Å². The van der Waals surface area contributed by atoms with E-state index in [1.165, 1.54) is 10.9 Å². The molecule has 1 atom stereocenters. The fourth-order valence-corrected chi connectivity index (χ4v) is 3.85. The summed E-state index contributed by atoms with van der Waals surface area (Å²) in [6.07, 6.45) is 0.879. The molecule has 0 aliphatic heterocycles.